The van der Waals surface area contributed by atoms with Crippen LogP contribution in [0.15, 0.2) is 30.3 Å². The third kappa shape index (κ3) is 10.7. The van der Waals surface area contributed by atoms with E-state index in [1.807, 2.05) is 30.3 Å². The van der Waals surface area contributed by atoms with Crippen molar-refractivity contribution < 1.29 is 42.7 Å². The highest BCUT2D eigenvalue weighted by molar-refractivity contribution is 7.52. The Hall–Kier alpha value is -2.26. The van der Waals surface area contributed by atoms with Gasteiger partial charge in [0.25, 0.3) is 0 Å². The third-order valence-corrected chi connectivity index (χ3v) is 8.82. The minimum atomic E-state index is -4.10. The number of ether oxygens (including phenoxy) is 1. The van der Waals surface area contributed by atoms with Crippen molar-refractivity contribution >= 4 is 25.7 Å². The summed E-state index contributed by atoms with van der Waals surface area (Å²) in [5, 5.41) is 12.7. The van der Waals surface area contributed by atoms with Crippen molar-refractivity contribution in [1.29, 1.82) is 0 Å². The number of nitrogens with zero attached hydrogens (tertiary/aromatic N) is 1. The molecule has 0 bridgehead atoms. The number of quaternary nitrogens is 1. The van der Waals surface area contributed by atoms with Crippen molar-refractivity contribution in [2.45, 2.75) is 103 Å². The van der Waals surface area contributed by atoms with Crippen LogP contribution in [0.1, 0.15) is 90.0 Å². The molecule has 1 fully saturated rings. The number of imide groups is 1. The fourth-order valence-electron chi connectivity index (χ4n) is 5.02. The first kappa shape index (κ1) is 32.9. The number of carbonyl (C=O) groups is 3. The number of carbonyl (C=O) groups excluding carboxylic acids is 2. The summed E-state index contributed by atoms with van der Waals surface area (Å²) in [4.78, 5) is 48.4. The average Bonchev–Trinajstić information content (AvgIpc) is 3.31. The first-order valence-electron chi connectivity index (χ1n) is 14.2. The molecule has 220 valence electrons. The Morgan fingerprint density at radius 2 is 1.77 bits per heavy atom. The molecule has 3 amide bonds. The molecular formula is C28H46N2O8P+. The van der Waals surface area contributed by atoms with Crippen molar-refractivity contribution in [2.75, 3.05) is 19.3 Å². The largest absolute Gasteiger partial charge is 0.521 e. The first-order valence-corrected chi connectivity index (χ1v) is 16.0. The highest BCUT2D eigenvalue weighted by atomic mass is 31.2. The number of hydrogen-bond acceptors (Lipinski definition) is 6. The maximum absolute atomic E-state index is 13.6. The number of amides is 3. The number of benzene rings is 1. The van der Waals surface area contributed by atoms with E-state index in [0.717, 1.165) is 37.7 Å². The van der Waals surface area contributed by atoms with Crippen molar-refractivity contribution in [2.24, 2.45) is 0 Å². The average molecular weight is 570 g/mol. The number of likely N-dealkylation sites (tertiary alicyclic amines) is 1. The molecule has 1 saturated heterocycles. The predicted molar refractivity (Wildman–Crippen MR) is 148 cm³/mol. The summed E-state index contributed by atoms with van der Waals surface area (Å²) in [6.07, 6.45) is 4.44. The minimum Gasteiger partial charge on any atom is -0.445 e. The molecular weight excluding hydrogens is 523 g/mol. The van der Waals surface area contributed by atoms with E-state index < -0.39 is 42.3 Å². The van der Waals surface area contributed by atoms with Gasteiger partial charge in [-0.05, 0) is 38.2 Å². The zero-order chi connectivity index (χ0) is 28.7. The Morgan fingerprint density at radius 3 is 2.41 bits per heavy atom. The van der Waals surface area contributed by atoms with Crippen LogP contribution in [-0.4, -0.2) is 64.0 Å². The van der Waals surface area contributed by atoms with E-state index in [1.165, 1.54) is 0 Å². The second-order valence-corrected chi connectivity index (χ2v) is 12.3. The Bertz CT molecular complexity index is 960. The lowest BCUT2D eigenvalue weighted by atomic mass is 10.1. The minimum absolute atomic E-state index is 0.0691. The summed E-state index contributed by atoms with van der Waals surface area (Å²) in [5.74, 6) is -0.681. The SMILES string of the molecule is CCCCCCCCP(=O)(O)O[C@@H](CCCCNC(=O)OCc1ccccc1)C(=O)[N+]1(C(=O)O)CCC[C@H]1C. The van der Waals surface area contributed by atoms with Gasteiger partial charge in [-0.1, -0.05) is 69.4 Å². The highest BCUT2D eigenvalue weighted by Crippen LogP contribution is 2.46. The van der Waals surface area contributed by atoms with Crippen LogP contribution in [0.25, 0.3) is 0 Å². The van der Waals surface area contributed by atoms with Crippen molar-refractivity contribution in [3.63, 3.8) is 0 Å². The van der Waals surface area contributed by atoms with Gasteiger partial charge in [0.2, 0.25) is 0 Å². The van der Waals surface area contributed by atoms with Crippen molar-refractivity contribution in [1.82, 2.24) is 5.32 Å². The second-order valence-electron chi connectivity index (χ2n) is 10.4. The monoisotopic (exact) mass is 569 g/mol. The molecule has 1 aliphatic heterocycles. The van der Waals surface area contributed by atoms with E-state index in [1.54, 1.807) is 6.92 Å². The number of hydrogen-bond donors (Lipinski definition) is 3. The van der Waals surface area contributed by atoms with E-state index in [0.29, 0.717) is 32.1 Å². The molecule has 2 unspecified atom stereocenters. The van der Waals surface area contributed by atoms with Gasteiger partial charge in [-0.2, -0.15) is 9.28 Å². The van der Waals surface area contributed by atoms with Crippen LogP contribution in [0.5, 0.6) is 0 Å². The summed E-state index contributed by atoms with van der Waals surface area (Å²) in [6.45, 7) is 4.40. The number of alkyl carbamates (subject to hydrolysis) is 1. The van der Waals surface area contributed by atoms with Gasteiger partial charge in [0, 0.05) is 19.4 Å². The Balaban J connectivity index is 1.92. The van der Waals surface area contributed by atoms with Crippen LogP contribution in [0, 0.1) is 0 Å². The fraction of sp³-hybridized carbons (Fsp3) is 0.679. The maximum atomic E-state index is 13.6. The number of rotatable bonds is 17. The van der Waals surface area contributed by atoms with Crippen LogP contribution >= 0.6 is 7.60 Å². The van der Waals surface area contributed by atoms with Crippen LogP contribution in [0.4, 0.5) is 9.59 Å². The van der Waals surface area contributed by atoms with Gasteiger partial charge in [0.1, 0.15) is 12.6 Å². The molecule has 1 aliphatic rings. The van der Waals surface area contributed by atoms with Gasteiger partial charge in [-0.15, -0.1) is 0 Å². The molecule has 10 nitrogen and oxygen atoms in total. The molecule has 4 atom stereocenters. The smallest absolute Gasteiger partial charge is 0.445 e. The van der Waals surface area contributed by atoms with Gasteiger partial charge in [-0.3, -0.25) is 9.09 Å². The van der Waals surface area contributed by atoms with E-state index >= 15 is 0 Å². The van der Waals surface area contributed by atoms with Gasteiger partial charge in [0.05, 0.1) is 12.7 Å². The van der Waals surface area contributed by atoms with E-state index in [9.17, 15) is 28.9 Å². The van der Waals surface area contributed by atoms with Gasteiger partial charge in [-0.25, -0.2) is 9.59 Å². The highest BCUT2D eigenvalue weighted by Gasteiger charge is 2.56. The standard InChI is InChI=1S/C28H45N2O8P/c1-3-4-5-6-7-13-21-39(35,36)38-25(26(31)30(28(33)34)20-14-15-23(30)2)18-11-12-19-29-27(32)37-22-24-16-9-8-10-17-24/h8-10,16-17,23,25H,3-7,11-15,18-22H2,1-2H3,(H2-,29,32,33,34,35,36)/p+1/t23-,25+,30?/m1/s1. The Labute approximate surface area is 232 Å². The van der Waals surface area contributed by atoms with E-state index in [4.69, 9.17) is 9.26 Å². The summed E-state index contributed by atoms with van der Waals surface area (Å²) < 4.78 is 22.9. The molecule has 0 spiro atoms. The van der Waals surface area contributed by atoms with Gasteiger partial charge >= 0.3 is 25.7 Å². The molecule has 2 rings (SSSR count). The molecule has 1 aromatic rings. The molecule has 0 saturated carbocycles. The molecule has 0 aromatic heterocycles. The predicted octanol–water partition coefficient (Wildman–Crippen LogP) is 6.22. The quantitative estimate of drug-likeness (QED) is 0.114. The van der Waals surface area contributed by atoms with Crippen molar-refractivity contribution in [3.8, 4) is 0 Å². The lowest BCUT2D eigenvalue weighted by molar-refractivity contribution is -0.794. The normalized spacial score (nSPS) is 21.2. The molecule has 39 heavy (non-hydrogen) atoms. The van der Waals surface area contributed by atoms with Gasteiger partial charge < -0.3 is 20.1 Å². The zero-order valence-corrected chi connectivity index (χ0v) is 24.3. The number of nitrogens with one attached hydrogen (secondary N) is 1. The molecule has 1 aromatic carbocycles. The van der Waals surface area contributed by atoms with Crippen molar-refractivity contribution in [3.05, 3.63) is 35.9 Å². The fourth-order valence-corrected chi connectivity index (χ4v) is 6.35. The number of unbranched alkanes of at least 4 members (excludes halogenated alkanes) is 6. The molecule has 0 radical (unpaired) electrons. The lowest BCUT2D eigenvalue weighted by Gasteiger charge is -2.33. The third-order valence-electron chi connectivity index (χ3n) is 7.36. The summed E-state index contributed by atoms with van der Waals surface area (Å²) in [7, 11) is -4.10. The van der Waals surface area contributed by atoms with Crippen LogP contribution in [0.3, 0.4) is 0 Å². The topological polar surface area (TPSA) is 139 Å². The second kappa shape index (κ2) is 16.8. The maximum Gasteiger partial charge on any atom is 0.521 e. The van der Waals surface area contributed by atoms with Crippen LogP contribution in [0.2, 0.25) is 0 Å². The molecule has 11 heteroatoms. The Kier molecular flexibility index (Phi) is 14.2. The molecule has 1 heterocycles. The van der Waals surface area contributed by atoms with E-state index in [-0.39, 0.29) is 32.3 Å². The van der Waals surface area contributed by atoms with E-state index in [2.05, 4.69) is 12.2 Å². The van der Waals surface area contributed by atoms with Crippen LogP contribution < -0.4 is 5.32 Å². The van der Waals surface area contributed by atoms with Gasteiger partial charge in [0.15, 0.2) is 6.10 Å². The summed E-state index contributed by atoms with van der Waals surface area (Å²) in [6, 6.07) is 8.84. The molecule has 0 aliphatic carbocycles. The first-order chi connectivity index (χ1) is 18.6. The molecule has 3 N–H and O–H groups in total. The summed E-state index contributed by atoms with van der Waals surface area (Å²) in [5.41, 5.74) is 0.868. The number of carboxylic acid groups (broad SMARTS) is 1. The van der Waals surface area contributed by atoms with Crippen LogP contribution in [-0.2, 0) is 25.2 Å². The Morgan fingerprint density at radius 1 is 1.08 bits per heavy atom. The lowest BCUT2D eigenvalue weighted by Crippen LogP contribution is -2.62. The summed E-state index contributed by atoms with van der Waals surface area (Å²) >= 11 is 0. The zero-order valence-electron chi connectivity index (χ0n) is 23.4.